The van der Waals surface area contributed by atoms with Gasteiger partial charge in [0.2, 0.25) is 11.9 Å². The molecule has 2 aromatic heterocycles. The van der Waals surface area contributed by atoms with Crippen molar-refractivity contribution in [3.63, 3.8) is 0 Å². The highest BCUT2D eigenvalue weighted by Gasteiger charge is 2.30. The Hall–Kier alpha value is -2.61. The van der Waals surface area contributed by atoms with E-state index in [1.807, 2.05) is 19.9 Å². The van der Waals surface area contributed by atoms with Gasteiger partial charge in [-0.3, -0.25) is 14.7 Å². The maximum Gasteiger partial charge on any atom is 0.233 e. The van der Waals surface area contributed by atoms with Crippen molar-refractivity contribution in [3.8, 4) is 0 Å². The zero-order valence-corrected chi connectivity index (χ0v) is 14.8. The van der Waals surface area contributed by atoms with Crippen LogP contribution in [0.15, 0.2) is 18.5 Å². The van der Waals surface area contributed by atoms with E-state index >= 15 is 0 Å². The van der Waals surface area contributed by atoms with Gasteiger partial charge >= 0.3 is 0 Å². The number of aromatic nitrogens is 4. The average molecular weight is 341 g/mol. The molecule has 3 rings (SSSR count). The van der Waals surface area contributed by atoms with E-state index < -0.39 is 0 Å². The maximum absolute atomic E-state index is 11.8. The Morgan fingerprint density at radius 1 is 1.24 bits per heavy atom. The summed E-state index contributed by atoms with van der Waals surface area (Å²) in [6.45, 7) is 5.09. The minimum absolute atomic E-state index is 0.00272. The molecule has 1 aliphatic rings. The lowest BCUT2D eigenvalue weighted by atomic mass is 10.1. The van der Waals surface area contributed by atoms with Gasteiger partial charge in [-0.25, -0.2) is 15.0 Å². The maximum atomic E-state index is 11.8. The van der Waals surface area contributed by atoms with Gasteiger partial charge in [0.15, 0.2) is 5.82 Å². The SMILES string of the molecule is CNC(=O)CN1CCC[C@H]1c1nccnc1Nc1nc(C)cc(C)n1. The Labute approximate surface area is 147 Å². The number of aryl methyl sites for hydroxylation is 2. The van der Waals surface area contributed by atoms with E-state index in [4.69, 9.17) is 0 Å². The van der Waals surface area contributed by atoms with Gasteiger partial charge in [0.1, 0.15) is 5.69 Å². The van der Waals surface area contributed by atoms with Crippen molar-refractivity contribution in [2.75, 3.05) is 25.5 Å². The number of carbonyl (C=O) groups is 1. The quantitative estimate of drug-likeness (QED) is 0.851. The Morgan fingerprint density at radius 3 is 2.68 bits per heavy atom. The van der Waals surface area contributed by atoms with Crippen LogP contribution in [0.4, 0.5) is 11.8 Å². The van der Waals surface area contributed by atoms with Crippen LogP contribution in [0.2, 0.25) is 0 Å². The summed E-state index contributed by atoms with van der Waals surface area (Å²) in [6, 6.07) is 1.98. The molecule has 0 radical (unpaired) electrons. The molecular weight excluding hydrogens is 318 g/mol. The highest BCUT2D eigenvalue weighted by Crippen LogP contribution is 2.34. The molecule has 132 valence electrons. The number of nitrogens with zero attached hydrogens (tertiary/aromatic N) is 5. The molecule has 1 aliphatic heterocycles. The monoisotopic (exact) mass is 341 g/mol. The Morgan fingerprint density at radius 2 is 1.96 bits per heavy atom. The van der Waals surface area contributed by atoms with Gasteiger partial charge in [-0.05, 0) is 39.3 Å². The molecule has 0 bridgehead atoms. The lowest BCUT2D eigenvalue weighted by Crippen LogP contribution is -2.35. The van der Waals surface area contributed by atoms with Crippen molar-refractivity contribution in [1.82, 2.24) is 30.2 Å². The summed E-state index contributed by atoms with van der Waals surface area (Å²) in [7, 11) is 1.65. The second-order valence-electron chi connectivity index (χ2n) is 6.19. The molecule has 3 heterocycles. The lowest BCUT2D eigenvalue weighted by molar-refractivity contribution is -0.122. The molecule has 0 aromatic carbocycles. The Kier molecular flexibility index (Phi) is 5.18. The van der Waals surface area contributed by atoms with Gasteiger partial charge in [-0.15, -0.1) is 0 Å². The van der Waals surface area contributed by atoms with Gasteiger partial charge in [0.25, 0.3) is 0 Å². The van der Waals surface area contributed by atoms with E-state index in [9.17, 15) is 4.79 Å². The predicted molar refractivity (Wildman–Crippen MR) is 94.4 cm³/mol. The zero-order valence-electron chi connectivity index (χ0n) is 14.8. The molecular formula is C17H23N7O. The van der Waals surface area contributed by atoms with E-state index in [2.05, 4.69) is 35.5 Å². The first kappa shape index (κ1) is 17.2. The fourth-order valence-electron chi connectivity index (χ4n) is 3.17. The number of rotatable bonds is 5. The van der Waals surface area contributed by atoms with Crippen LogP contribution < -0.4 is 10.6 Å². The number of anilines is 2. The molecule has 1 amide bonds. The standard InChI is InChI=1S/C17H23N7O/c1-11-9-12(2)22-17(21-11)23-16-15(19-6-7-20-16)13-5-4-8-24(13)10-14(25)18-3/h6-7,9,13H,4-5,8,10H2,1-3H3,(H,18,25)(H,20,21,22,23)/t13-/m0/s1. The van der Waals surface area contributed by atoms with Crippen molar-refractivity contribution in [2.45, 2.75) is 32.7 Å². The van der Waals surface area contributed by atoms with Crippen LogP contribution in [0.5, 0.6) is 0 Å². The summed E-state index contributed by atoms with van der Waals surface area (Å²) in [5.74, 6) is 1.15. The van der Waals surface area contributed by atoms with Crippen LogP contribution in [0.1, 0.15) is 36.0 Å². The molecule has 8 nitrogen and oxygen atoms in total. The third-order valence-corrected chi connectivity index (χ3v) is 4.24. The molecule has 0 saturated carbocycles. The highest BCUT2D eigenvalue weighted by atomic mass is 16.1. The van der Waals surface area contributed by atoms with Crippen LogP contribution in [-0.4, -0.2) is 50.9 Å². The first-order valence-corrected chi connectivity index (χ1v) is 8.41. The minimum atomic E-state index is 0.00272. The smallest absolute Gasteiger partial charge is 0.233 e. The van der Waals surface area contributed by atoms with E-state index in [0.717, 1.165) is 36.5 Å². The molecule has 2 aromatic rings. The molecule has 1 saturated heterocycles. The molecule has 25 heavy (non-hydrogen) atoms. The van der Waals surface area contributed by atoms with Crippen molar-refractivity contribution in [3.05, 3.63) is 35.5 Å². The summed E-state index contributed by atoms with van der Waals surface area (Å²) in [6.07, 6.45) is 5.29. The summed E-state index contributed by atoms with van der Waals surface area (Å²) in [5.41, 5.74) is 2.61. The van der Waals surface area contributed by atoms with Crippen molar-refractivity contribution in [2.24, 2.45) is 0 Å². The largest absolute Gasteiger partial charge is 0.358 e. The fourth-order valence-corrected chi connectivity index (χ4v) is 3.17. The van der Waals surface area contributed by atoms with Crippen LogP contribution in [-0.2, 0) is 4.79 Å². The first-order chi connectivity index (χ1) is 12.1. The zero-order chi connectivity index (χ0) is 17.8. The third kappa shape index (κ3) is 4.08. The van der Waals surface area contributed by atoms with Crippen LogP contribution in [0.25, 0.3) is 0 Å². The second kappa shape index (κ2) is 7.52. The van der Waals surface area contributed by atoms with E-state index in [-0.39, 0.29) is 11.9 Å². The number of likely N-dealkylation sites (tertiary alicyclic amines) is 1. The second-order valence-corrected chi connectivity index (χ2v) is 6.19. The molecule has 8 heteroatoms. The van der Waals surface area contributed by atoms with Crippen LogP contribution in [0.3, 0.4) is 0 Å². The minimum Gasteiger partial charge on any atom is -0.358 e. The number of amides is 1. The average Bonchev–Trinajstić information content (AvgIpc) is 3.02. The van der Waals surface area contributed by atoms with Crippen LogP contribution >= 0.6 is 0 Å². The first-order valence-electron chi connectivity index (χ1n) is 8.41. The molecule has 1 fully saturated rings. The number of hydrogen-bond donors (Lipinski definition) is 2. The fraction of sp³-hybridized carbons (Fsp3) is 0.471. The number of nitrogens with one attached hydrogen (secondary N) is 2. The van der Waals surface area contributed by atoms with Gasteiger partial charge < -0.3 is 10.6 Å². The van der Waals surface area contributed by atoms with Gasteiger partial charge in [0, 0.05) is 30.8 Å². The van der Waals surface area contributed by atoms with Gasteiger partial charge in [-0.2, -0.15) is 0 Å². The Balaban J connectivity index is 1.86. The summed E-state index contributed by atoms with van der Waals surface area (Å²) in [5, 5.41) is 5.87. The van der Waals surface area contributed by atoms with E-state index in [1.165, 1.54) is 0 Å². The van der Waals surface area contributed by atoms with Crippen molar-refractivity contribution >= 4 is 17.7 Å². The topological polar surface area (TPSA) is 95.9 Å². The molecule has 1 atom stereocenters. The summed E-state index contributed by atoms with van der Waals surface area (Å²) >= 11 is 0. The number of carbonyl (C=O) groups excluding carboxylic acids is 1. The molecule has 0 spiro atoms. The normalized spacial score (nSPS) is 17.5. The van der Waals surface area contributed by atoms with Gasteiger partial charge in [0.05, 0.1) is 12.6 Å². The third-order valence-electron chi connectivity index (χ3n) is 4.24. The van der Waals surface area contributed by atoms with Crippen LogP contribution in [0, 0.1) is 13.8 Å². The van der Waals surface area contributed by atoms with E-state index in [1.54, 1.807) is 19.4 Å². The number of likely N-dealkylation sites (N-methyl/N-ethyl adjacent to an activating group) is 1. The Bertz CT molecular complexity index is 744. The molecule has 0 aliphatic carbocycles. The lowest BCUT2D eigenvalue weighted by Gasteiger charge is -2.24. The predicted octanol–water partition coefficient (Wildman–Crippen LogP) is 1.51. The van der Waals surface area contributed by atoms with Gasteiger partial charge in [-0.1, -0.05) is 0 Å². The van der Waals surface area contributed by atoms with E-state index in [0.29, 0.717) is 18.3 Å². The summed E-state index contributed by atoms with van der Waals surface area (Å²) in [4.78, 5) is 31.7. The highest BCUT2D eigenvalue weighted by molar-refractivity contribution is 5.77. The van der Waals surface area contributed by atoms with Crippen molar-refractivity contribution < 1.29 is 4.79 Å². The molecule has 0 unspecified atom stereocenters. The van der Waals surface area contributed by atoms with Crippen molar-refractivity contribution in [1.29, 1.82) is 0 Å². The number of hydrogen-bond acceptors (Lipinski definition) is 7. The molecule has 2 N–H and O–H groups in total. The summed E-state index contributed by atoms with van der Waals surface area (Å²) < 4.78 is 0.